The molecule has 0 saturated heterocycles. The van der Waals surface area contributed by atoms with Crippen molar-refractivity contribution in [3.8, 4) is 27.9 Å². The van der Waals surface area contributed by atoms with Crippen molar-refractivity contribution in [2.24, 2.45) is 0 Å². The van der Waals surface area contributed by atoms with Crippen LogP contribution in [-0.2, 0) is 0 Å². The van der Waals surface area contributed by atoms with Crippen molar-refractivity contribution >= 4 is 82.4 Å². The van der Waals surface area contributed by atoms with Gasteiger partial charge in [-0.05, 0) is 105 Å². The number of hydrogen-bond donors (Lipinski definition) is 0. The van der Waals surface area contributed by atoms with Gasteiger partial charge in [-0.2, -0.15) is 0 Å². The zero-order chi connectivity index (χ0) is 38.9. The van der Waals surface area contributed by atoms with Crippen LogP contribution in [0.4, 0.5) is 17.1 Å². The molecule has 0 amide bonds. The predicted molar refractivity (Wildman–Crippen MR) is 249 cm³/mol. The topological polar surface area (TPSA) is 21.3 Å². The van der Waals surface area contributed by atoms with Gasteiger partial charge in [-0.1, -0.05) is 146 Å². The minimum Gasteiger partial charge on any atom is -0.456 e. The van der Waals surface area contributed by atoms with Gasteiger partial charge in [-0.25, -0.2) is 0 Å². The van der Waals surface area contributed by atoms with Crippen molar-refractivity contribution in [2.75, 3.05) is 4.90 Å². The van der Waals surface area contributed by atoms with E-state index >= 15 is 0 Å². The standard InChI is InChI=1S/C56H36N2O/c1-3-16-40(17-4-1)57(41-18-5-2-6-19-41)42-31-27-37(28-32-42)38-29-33-43(34-30-38)58-50-25-13-11-23-47(50)54-51(58)36-53-55(48-24-12-14-26-52(48)59-53)56(54)49-35-39-15-7-8-20-44(39)45-21-9-10-22-46(45)49/h1-36H. The Labute approximate surface area is 341 Å². The van der Waals surface area contributed by atoms with E-state index in [4.69, 9.17) is 4.42 Å². The normalized spacial score (nSPS) is 11.7. The predicted octanol–water partition coefficient (Wildman–Crippen LogP) is 15.8. The van der Waals surface area contributed by atoms with E-state index in [9.17, 15) is 0 Å². The third-order valence-corrected chi connectivity index (χ3v) is 12.0. The lowest BCUT2D eigenvalue weighted by atomic mass is 9.88. The first kappa shape index (κ1) is 33.3. The molecule has 2 heterocycles. The SMILES string of the molecule is c1ccc(N(c2ccccc2)c2ccc(-c3ccc(-n4c5ccccc5c5c(-c6cc7ccccc7c7ccccc67)c6c(cc54)oc4ccccc46)cc3)cc2)cc1. The van der Waals surface area contributed by atoms with Gasteiger partial charge in [0.1, 0.15) is 11.2 Å². The number of fused-ring (bicyclic) bond motifs is 9. The van der Waals surface area contributed by atoms with Gasteiger partial charge in [0.05, 0.1) is 11.0 Å². The molecule has 0 aliphatic rings. The molecule has 0 saturated carbocycles. The lowest BCUT2D eigenvalue weighted by Gasteiger charge is -2.25. The van der Waals surface area contributed by atoms with Gasteiger partial charge in [-0.3, -0.25) is 0 Å². The summed E-state index contributed by atoms with van der Waals surface area (Å²) in [6.45, 7) is 0. The van der Waals surface area contributed by atoms with E-state index in [0.717, 1.165) is 66.8 Å². The molecule has 12 rings (SSSR count). The maximum Gasteiger partial charge on any atom is 0.138 e. The van der Waals surface area contributed by atoms with Crippen molar-refractivity contribution in [3.05, 3.63) is 218 Å². The average Bonchev–Trinajstić information content (AvgIpc) is 3.84. The van der Waals surface area contributed by atoms with E-state index in [1.807, 2.05) is 0 Å². The van der Waals surface area contributed by atoms with E-state index in [-0.39, 0.29) is 0 Å². The molecule has 0 atom stereocenters. The molecular formula is C56H36N2O. The highest BCUT2D eigenvalue weighted by molar-refractivity contribution is 6.30. The second-order valence-corrected chi connectivity index (χ2v) is 15.3. The first-order chi connectivity index (χ1) is 29.3. The summed E-state index contributed by atoms with van der Waals surface area (Å²) >= 11 is 0. The first-order valence-electron chi connectivity index (χ1n) is 20.2. The molecule has 12 aromatic rings. The molecule has 0 bridgehead atoms. The molecule has 276 valence electrons. The molecule has 0 radical (unpaired) electrons. The third kappa shape index (κ3) is 5.29. The van der Waals surface area contributed by atoms with Gasteiger partial charge in [-0.15, -0.1) is 0 Å². The number of benzene rings is 10. The van der Waals surface area contributed by atoms with Gasteiger partial charge >= 0.3 is 0 Å². The molecular weight excluding hydrogens is 717 g/mol. The maximum atomic E-state index is 6.75. The number of nitrogens with zero attached hydrogens (tertiary/aromatic N) is 2. The zero-order valence-corrected chi connectivity index (χ0v) is 32.1. The number of hydrogen-bond acceptors (Lipinski definition) is 2. The molecule has 0 aliphatic carbocycles. The van der Waals surface area contributed by atoms with Gasteiger partial charge < -0.3 is 13.9 Å². The monoisotopic (exact) mass is 752 g/mol. The van der Waals surface area contributed by atoms with Gasteiger partial charge in [0.2, 0.25) is 0 Å². The Balaban J connectivity index is 1.04. The molecule has 59 heavy (non-hydrogen) atoms. The fourth-order valence-corrected chi connectivity index (χ4v) is 9.35. The van der Waals surface area contributed by atoms with Crippen LogP contribution in [0.5, 0.6) is 0 Å². The van der Waals surface area contributed by atoms with E-state index in [2.05, 4.69) is 228 Å². The van der Waals surface area contributed by atoms with Crippen LogP contribution in [0.3, 0.4) is 0 Å². The van der Waals surface area contributed by atoms with E-state index in [1.165, 1.54) is 43.4 Å². The van der Waals surface area contributed by atoms with Gasteiger partial charge in [0.15, 0.2) is 0 Å². The van der Waals surface area contributed by atoms with Crippen LogP contribution in [-0.4, -0.2) is 4.57 Å². The summed E-state index contributed by atoms with van der Waals surface area (Å²) in [5.74, 6) is 0. The van der Waals surface area contributed by atoms with Crippen molar-refractivity contribution < 1.29 is 4.42 Å². The fourth-order valence-electron chi connectivity index (χ4n) is 9.35. The lowest BCUT2D eigenvalue weighted by Crippen LogP contribution is -2.09. The summed E-state index contributed by atoms with van der Waals surface area (Å²) in [5, 5.41) is 9.66. The molecule has 3 heteroatoms. The van der Waals surface area contributed by atoms with Gasteiger partial charge in [0.25, 0.3) is 0 Å². The van der Waals surface area contributed by atoms with Crippen LogP contribution in [0, 0.1) is 0 Å². The largest absolute Gasteiger partial charge is 0.456 e. The highest BCUT2D eigenvalue weighted by Crippen LogP contribution is 2.49. The Morgan fingerprint density at radius 3 is 1.61 bits per heavy atom. The minimum atomic E-state index is 0.881. The molecule has 10 aromatic carbocycles. The molecule has 2 aromatic heterocycles. The summed E-state index contributed by atoms with van der Waals surface area (Å²) in [7, 11) is 0. The number of anilines is 3. The second-order valence-electron chi connectivity index (χ2n) is 15.3. The Kier molecular flexibility index (Phi) is 7.54. The summed E-state index contributed by atoms with van der Waals surface area (Å²) in [6, 6.07) is 78.5. The highest BCUT2D eigenvalue weighted by Gasteiger charge is 2.24. The second kappa shape index (κ2) is 13.4. The number of para-hydroxylation sites is 4. The molecule has 3 nitrogen and oxygen atoms in total. The zero-order valence-electron chi connectivity index (χ0n) is 32.1. The summed E-state index contributed by atoms with van der Waals surface area (Å²) in [6.07, 6.45) is 0. The molecule has 0 spiro atoms. The minimum absolute atomic E-state index is 0.881. The van der Waals surface area contributed by atoms with Crippen molar-refractivity contribution in [1.82, 2.24) is 4.57 Å². The summed E-state index contributed by atoms with van der Waals surface area (Å²) < 4.78 is 9.16. The Bertz CT molecular complexity index is 3490. The van der Waals surface area contributed by atoms with Crippen LogP contribution in [0.2, 0.25) is 0 Å². The van der Waals surface area contributed by atoms with Crippen molar-refractivity contribution in [2.45, 2.75) is 0 Å². The van der Waals surface area contributed by atoms with Crippen LogP contribution in [0.1, 0.15) is 0 Å². The molecule has 0 fully saturated rings. The Hall–Kier alpha value is -7.88. The summed E-state index contributed by atoms with van der Waals surface area (Å²) in [4.78, 5) is 2.29. The molecule has 0 aliphatic heterocycles. The number of aromatic nitrogens is 1. The van der Waals surface area contributed by atoms with Crippen LogP contribution in [0.25, 0.3) is 93.2 Å². The smallest absolute Gasteiger partial charge is 0.138 e. The van der Waals surface area contributed by atoms with E-state index in [0.29, 0.717) is 0 Å². The van der Waals surface area contributed by atoms with Crippen LogP contribution >= 0.6 is 0 Å². The lowest BCUT2D eigenvalue weighted by molar-refractivity contribution is 0.669. The van der Waals surface area contributed by atoms with Crippen molar-refractivity contribution in [3.63, 3.8) is 0 Å². The molecule has 0 unspecified atom stereocenters. The molecule has 0 N–H and O–H groups in total. The van der Waals surface area contributed by atoms with E-state index < -0.39 is 0 Å². The van der Waals surface area contributed by atoms with E-state index in [1.54, 1.807) is 0 Å². The van der Waals surface area contributed by atoms with Crippen LogP contribution in [0.15, 0.2) is 223 Å². The summed E-state index contributed by atoms with van der Waals surface area (Å²) in [5.41, 5.74) is 13.2. The number of rotatable bonds is 6. The number of furan rings is 1. The maximum absolute atomic E-state index is 6.75. The third-order valence-electron chi connectivity index (χ3n) is 12.0. The Morgan fingerprint density at radius 1 is 0.356 bits per heavy atom. The average molecular weight is 753 g/mol. The fraction of sp³-hybridized carbons (Fsp3) is 0. The highest BCUT2D eigenvalue weighted by atomic mass is 16.3. The van der Waals surface area contributed by atoms with Crippen molar-refractivity contribution in [1.29, 1.82) is 0 Å². The quantitative estimate of drug-likeness (QED) is 0.158. The van der Waals surface area contributed by atoms with Gasteiger partial charge in [0, 0.05) is 55.9 Å². The first-order valence-corrected chi connectivity index (χ1v) is 20.2. The Morgan fingerprint density at radius 2 is 0.898 bits per heavy atom. The van der Waals surface area contributed by atoms with Crippen LogP contribution < -0.4 is 4.90 Å².